The van der Waals surface area contributed by atoms with Crippen LogP contribution in [-0.2, 0) is 4.79 Å². The third kappa shape index (κ3) is 3.37. The van der Waals surface area contributed by atoms with Gasteiger partial charge in [-0.2, -0.15) is 0 Å². The highest BCUT2D eigenvalue weighted by atomic mass is 16.5. The minimum absolute atomic E-state index is 0.0937. The predicted molar refractivity (Wildman–Crippen MR) is 114 cm³/mol. The molecule has 31 heavy (non-hydrogen) atoms. The molecule has 2 aliphatic heterocycles. The quantitative estimate of drug-likeness (QED) is 0.771. The molecule has 1 saturated carbocycles. The van der Waals surface area contributed by atoms with Gasteiger partial charge in [0.25, 0.3) is 5.91 Å². The predicted octanol–water partition coefficient (Wildman–Crippen LogP) is 2.73. The zero-order chi connectivity index (χ0) is 21.5. The molecular formula is C23H24N4O4. The van der Waals surface area contributed by atoms with Crippen LogP contribution in [0.5, 0.6) is 5.75 Å². The lowest BCUT2D eigenvalue weighted by atomic mass is 10.1. The van der Waals surface area contributed by atoms with Crippen molar-refractivity contribution in [3.05, 3.63) is 60.2 Å². The maximum absolute atomic E-state index is 13.1. The van der Waals surface area contributed by atoms with Crippen molar-refractivity contribution < 1.29 is 19.1 Å². The van der Waals surface area contributed by atoms with Crippen molar-refractivity contribution in [1.29, 1.82) is 0 Å². The number of carbonyl (C=O) groups excluding carboxylic acids is 3. The van der Waals surface area contributed by atoms with Crippen LogP contribution in [0.3, 0.4) is 0 Å². The van der Waals surface area contributed by atoms with E-state index >= 15 is 0 Å². The van der Waals surface area contributed by atoms with Crippen LogP contribution in [0.2, 0.25) is 0 Å². The third-order valence-electron chi connectivity index (χ3n) is 6.31. The van der Waals surface area contributed by atoms with Gasteiger partial charge in [-0.25, -0.2) is 9.59 Å². The molecule has 2 aromatic rings. The molecule has 2 heterocycles. The number of fused-ring (bicyclic) bond motifs is 1. The average molecular weight is 420 g/mol. The first kappa shape index (κ1) is 19.4. The molecule has 1 aliphatic carbocycles. The van der Waals surface area contributed by atoms with Gasteiger partial charge in [-0.3, -0.25) is 9.69 Å². The molecule has 1 unspecified atom stereocenters. The van der Waals surface area contributed by atoms with E-state index in [2.05, 4.69) is 5.32 Å². The fourth-order valence-corrected chi connectivity index (χ4v) is 4.57. The summed E-state index contributed by atoms with van der Waals surface area (Å²) >= 11 is 0. The van der Waals surface area contributed by atoms with Crippen LogP contribution in [0, 0.1) is 0 Å². The maximum Gasteiger partial charge on any atom is 0.327 e. The Morgan fingerprint density at radius 3 is 2.55 bits per heavy atom. The first-order valence-electron chi connectivity index (χ1n) is 10.5. The highest BCUT2D eigenvalue weighted by molar-refractivity contribution is 6.05. The van der Waals surface area contributed by atoms with Crippen LogP contribution in [0.25, 0.3) is 0 Å². The number of para-hydroxylation sites is 2. The number of imide groups is 1. The molecule has 3 aliphatic rings. The lowest BCUT2D eigenvalue weighted by molar-refractivity contribution is -0.129. The Morgan fingerprint density at radius 1 is 1.03 bits per heavy atom. The fourth-order valence-electron chi connectivity index (χ4n) is 4.57. The molecule has 1 N–H and O–H groups in total. The van der Waals surface area contributed by atoms with Crippen LogP contribution in [0.4, 0.5) is 15.3 Å². The second kappa shape index (κ2) is 7.61. The van der Waals surface area contributed by atoms with Gasteiger partial charge in [0.15, 0.2) is 0 Å². The van der Waals surface area contributed by atoms with Crippen molar-refractivity contribution in [2.24, 2.45) is 0 Å². The molecule has 3 fully saturated rings. The van der Waals surface area contributed by atoms with Crippen LogP contribution >= 0.6 is 0 Å². The summed E-state index contributed by atoms with van der Waals surface area (Å²) in [6.07, 6.45) is 0.792. The van der Waals surface area contributed by atoms with Crippen molar-refractivity contribution >= 4 is 23.7 Å². The van der Waals surface area contributed by atoms with E-state index in [1.54, 1.807) is 29.0 Å². The standard InChI is InChI=1S/C23H24N4O4/c1-31-20-10-6-5-9-17(20)24-22(29)25-11-12-26-19(14-25)21(28)27(23(26)30)18-13-16(18)15-7-3-2-4-8-15/h2-10,16,18-19H,11-14H2,1H3,(H,24,29)/t16-,18+,19?/m1/s1. The number of benzene rings is 2. The molecule has 5 amide bonds. The summed E-state index contributed by atoms with van der Waals surface area (Å²) in [5.74, 6) is 0.553. The zero-order valence-electron chi connectivity index (χ0n) is 17.2. The highest BCUT2D eigenvalue weighted by Crippen LogP contribution is 2.46. The molecule has 2 aromatic carbocycles. The van der Waals surface area contributed by atoms with E-state index in [-0.39, 0.29) is 36.5 Å². The SMILES string of the molecule is COc1ccccc1NC(=O)N1CCN2C(=O)N([C@H]3C[C@@H]3c3ccccc3)C(=O)C2C1. The molecule has 3 atom stereocenters. The molecule has 2 saturated heterocycles. The van der Waals surface area contributed by atoms with Gasteiger partial charge in [-0.1, -0.05) is 42.5 Å². The van der Waals surface area contributed by atoms with Crippen LogP contribution < -0.4 is 10.1 Å². The van der Waals surface area contributed by atoms with Crippen molar-refractivity contribution in [3.63, 3.8) is 0 Å². The molecule has 0 radical (unpaired) electrons. The van der Waals surface area contributed by atoms with Crippen molar-refractivity contribution in [1.82, 2.24) is 14.7 Å². The number of rotatable bonds is 4. The number of ether oxygens (including phenoxy) is 1. The Hall–Kier alpha value is -3.55. The Bertz CT molecular complexity index is 1030. The van der Waals surface area contributed by atoms with Crippen LogP contribution in [0.1, 0.15) is 17.9 Å². The number of carbonyl (C=O) groups is 3. The molecule has 0 aromatic heterocycles. The molecule has 0 spiro atoms. The summed E-state index contributed by atoms with van der Waals surface area (Å²) in [5, 5.41) is 2.85. The largest absolute Gasteiger partial charge is 0.495 e. The average Bonchev–Trinajstić information content (AvgIpc) is 3.55. The summed E-state index contributed by atoms with van der Waals surface area (Å²) in [4.78, 5) is 43.5. The molecule has 8 nitrogen and oxygen atoms in total. The molecule has 5 rings (SSSR count). The van der Waals surface area contributed by atoms with Gasteiger partial charge in [-0.05, 0) is 24.1 Å². The van der Waals surface area contributed by atoms with E-state index in [0.29, 0.717) is 24.5 Å². The molecular weight excluding hydrogens is 396 g/mol. The van der Waals surface area contributed by atoms with E-state index in [1.807, 2.05) is 42.5 Å². The van der Waals surface area contributed by atoms with Gasteiger partial charge in [0.2, 0.25) is 0 Å². The topological polar surface area (TPSA) is 82.2 Å². The highest BCUT2D eigenvalue weighted by Gasteiger charge is 2.56. The summed E-state index contributed by atoms with van der Waals surface area (Å²) in [5.41, 5.74) is 1.72. The number of urea groups is 2. The lowest BCUT2D eigenvalue weighted by Gasteiger charge is -2.35. The van der Waals surface area contributed by atoms with Crippen LogP contribution in [0.15, 0.2) is 54.6 Å². The number of hydrogen-bond donors (Lipinski definition) is 1. The Labute approximate surface area is 180 Å². The Kier molecular flexibility index (Phi) is 4.77. The van der Waals surface area contributed by atoms with E-state index in [4.69, 9.17) is 4.74 Å². The molecule has 8 heteroatoms. The fraction of sp³-hybridized carbons (Fsp3) is 0.348. The Balaban J connectivity index is 1.27. The van der Waals surface area contributed by atoms with Crippen molar-refractivity contribution in [3.8, 4) is 5.75 Å². The lowest BCUT2D eigenvalue weighted by Crippen LogP contribution is -2.55. The second-order valence-corrected chi connectivity index (χ2v) is 8.10. The number of methoxy groups -OCH3 is 1. The van der Waals surface area contributed by atoms with Crippen molar-refractivity contribution in [2.45, 2.75) is 24.4 Å². The summed E-state index contributed by atoms with van der Waals surface area (Å²) in [6, 6.07) is 15.9. The van der Waals surface area contributed by atoms with E-state index in [1.165, 1.54) is 4.90 Å². The number of nitrogens with zero attached hydrogens (tertiary/aromatic N) is 3. The summed E-state index contributed by atoms with van der Waals surface area (Å²) in [7, 11) is 1.54. The second-order valence-electron chi connectivity index (χ2n) is 8.10. The number of hydrogen-bond acceptors (Lipinski definition) is 4. The van der Waals surface area contributed by atoms with Crippen molar-refractivity contribution in [2.75, 3.05) is 32.1 Å². The van der Waals surface area contributed by atoms with Gasteiger partial charge in [0.05, 0.1) is 19.3 Å². The third-order valence-corrected chi connectivity index (χ3v) is 6.31. The maximum atomic E-state index is 13.1. The minimum Gasteiger partial charge on any atom is -0.495 e. The van der Waals surface area contributed by atoms with Crippen LogP contribution in [-0.4, -0.2) is 71.5 Å². The van der Waals surface area contributed by atoms with E-state index in [0.717, 1.165) is 12.0 Å². The first-order valence-corrected chi connectivity index (χ1v) is 10.5. The normalized spacial score (nSPS) is 24.8. The molecule has 160 valence electrons. The van der Waals surface area contributed by atoms with Gasteiger partial charge < -0.3 is 19.9 Å². The van der Waals surface area contributed by atoms with Gasteiger partial charge in [0, 0.05) is 25.0 Å². The van der Waals surface area contributed by atoms with Gasteiger partial charge >= 0.3 is 12.1 Å². The number of nitrogens with one attached hydrogen (secondary N) is 1. The first-order chi connectivity index (χ1) is 15.1. The van der Waals surface area contributed by atoms with E-state index < -0.39 is 6.04 Å². The smallest absolute Gasteiger partial charge is 0.327 e. The monoisotopic (exact) mass is 420 g/mol. The molecule has 0 bridgehead atoms. The number of anilines is 1. The van der Waals surface area contributed by atoms with Gasteiger partial charge in [-0.15, -0.1) is 0 Å². The van der Waals surface area contributed by atoms with E-state index in [9.17, 15) is 14.4 Å². The number of piperazine rings is 1. The number of amides is 5. The Morgan fingerprint density at radius 2 is 1.77 bits per heavy atom. The summed E-state index contributed by atoms with van der Waals surface area (Å²) in [6.45, 7) is 0.899. The zero-order valence-corrected chi connectivity index (χ0v) is 17.2. The summed E-state index contributed by atoms with van der Waals surface area (Å²) < 4.78 is 5.28. The minimum atomic E-state index is -0.623. The van der Waals surface area contributed by atoms with Gasteiger partial charge in [0.1, 0.15) is 11.8 Å².